The number of carbonyl (C=O) groups excluding carboxylic acids is 1. The second-order valence-electron chi connectivity index (χ2n) is 6.11. The summed E-state index contributed by atoms with van der Waals surface area (Å²) in [4.78, 5) is 12.3. The molecule has 0 saturated carbocycles. The Morgan fingerprint density at radius 3 is 2.42 bits per heavy atom. The number of nitrogens with zero attached hydrogens (tertiary/aromatic N) is 1. The van der Waals surface area contributed by atoms with E-state index in [1.165, 1.54) is 0 Å². The van der Waals surface area contributed by atoms with Crippen LogP contribution in [0, 0.1) is 18.3 Å². The maximum Gasteiger partial charge on any atom is 0.266 e. The van der Waals surface area contributed by atoms with Crippen LogP contribution in [0.3, 0.4) is 0 Å². The quantitative estimate of drug-likeness (QED) is 0.410. The third-order valence-corrected chi connectivity index (χ3v) is 3.88. The Kier molecular flexibility index (Phi) is 7.45. The molecule has 26 heavy (non-hydrogen) atoms. The fourth-order valence-electron chi connectivity index (χ4n) is 2.35. The van der Waals surface area contributed by atoms with E-state index >= 15 is 0 Å². The molecule has 0 bridgehead atoms. The van der Waals surface area contributed by atoms with E-state index in [2.05, 4.69) is 12.2 Å². The molecule has 0 aliphatic carbocycles. The fourth-order valence-corrected chi connectivity index (χ4v) is 2.35. The van der Waals surface area contributed by atoms with Crippen LogP contribution in [0.5, 0.6) is 5.75 Å². The van der Waals surface area contributed by atoms with Gasteiger partial charge in [0.15, 0.2) is 0 Å². The van der Waals surface area contributed by atoms with E-state index < -0.39 is 5.91 Å². The highest BCUT2D eigenvalue weighted by Gasteiger charge is 2.09. The van der Waals surface area contributed by atoms with E-state index in [9.17, 15) is 10.1 Å². The van der Waals surface area contributed by atoms with Crippen molar-refractivity contribution in [1.29, 1.82) is 5.26 Å². The van der Waals surface area contributed by atoms with Crippen molar-refractivity contribution >= 4 is 17.7 Å². The van der Waals surface area contributed by atoms with Gasteiger partial charge >= 0.3 is 0 Å². The zero-order valence-electron chi connectivity index (χ0n) is 15.3. The molecule has 0 fully saturated rings. The zero-order valence-corrected chi connectivity index (χ0v) is 15.3. The number of unbranched alkanes of at least 4 members (excludes halogenated alkanes) is 2. The summed E-state index contributed by atoms with van der Waals surface area (Å²) in [6, 6.07) is 16.8. The first-order chi connectivity index (χ1) is 12.6. The van der Waals surface area contributed by atoms with Crippen LogP contribution < -0.4 is 10.1 Å². The largest absolute Gasteiger partial charge is 0.494 e. The summed E-state index contributed by atoms with van der Waals surface area (Å²) in [5.74, 6) is 0.372. The third-order valence-electron chi connectivity index (χ3n) is 3.88. The molecule has 1 N–H and O–H groups in total. The molecular formula is C22H24N2O2. The van der Waals surface area contributed by atoms with Crippen LogP contribution in [0.25, 0.3) is 6.08 Å². The van der Waals surface area contributed by atoms with Gasteiger partial charge in [0.25, 0.3) is 5.91 Å². The van der Waals surface area contributed by atoms with E-state index in [1.54, 1.807) is 6.08 Å². The minimum absolute atomic E-state index is 0.0576. The van der Waals surface area contributed by atoms with E-state index in [0.29, 0.717) is 12.3 Å². The maximum atomic E-state index is 12.3. The smallest absolute Gasteiger partial charge is 0.266 e. The molecule has 4 nitrogen and oxygen atoms in total. The Labute approximate surface area is 155 Å². The lowest BCUT2D eigenvalue weighted by Crippen LogP contribution is -2.13. The monoisotopic (exact) mass is 348 g/mol. The van der Waals surface area contributed by atoms with Gasteiger partial charge in [0.2, 0.25) is 0 Å². The SMILES string of the molecule is CCCCCOc1ccc(/C=C(\C#N)C(=O)Nc2ccc(C)cc2)cc1. The van der Waals surface area contributed by atoms with Crippen LogP contribution >= 0.6 is 0 Å². The van der Waals surface area contributed by atoms with Crippen LogP contribution in [0.4, 0.5) is 5.69 Å². The van der Waals surface area contributed by atoms with Gasteiger partial charge in [-0.25, -0.2) is 0 Å². The van der Waals surface area contributed by atoms with Crippen LogP contribution in [0.2, 0.25) is 0 Å². The third kappa shape index (κ3) is 6.10. The predicted octanol–water partition coefficient (Wildman–Crippen LogP) is 5.11. The van der Waals surface area contributed by atoms with E-state index in [-0.39, 0.29) is 5.57 Å². The minimum atomic E-state index is -0.420. The van der Waals surface area contributed by atoms with Crippen LogP contribution in [-0.2, 0) is 4.79 Å². The molecule has 134 valence electrons. The van der Waals surface area contributed by atoms with E-state index in [1.807, 2.05) is 61.5 Å². The van der Waals surface area contributed by atoms with Gasteiger partial charge in [-0.3, -0.25) is 4.79 Å². The standard InChI is InChI=1S/C22H24N2O2/c1-3-4-5-14-26-21-12-8-18(9-13-21)15-19(16-23)22(25)24-20-10-6-17(2)7-11-20/h6-13,15H,3-5,14H2,1-2H3,(H,24,25)/b19-15+. The normalized spacial score (nSPS) is 10.9. The number of amides is 1. The van der Waals surface area contributed by atoms with Crippen molar-refractivity contribution in [3.8, 4) is 11.8 Å². The number of ether oxygens (including phenoxy) is 1. The molecule has 0 aromatic heterocycles. The maximum absolute atomic E-state index is 12.3. The topological polar surface area (TPSA) is 62.1 Å². The molecule has 0 unspecified atom stereocenters. The van der Waals surface area contributed by atoms with Gasteiger partial charge in [-0.05, 0) is 49.2 Å². The molecule has 0 heterocycles. The second kappa shape index (κ2) is 10.0. The molecule has 2 aromatic carbocycles. The molecule has 4 heteroatoms. The molecule has 2 aromatic rings. The fraction of sp³-hybridized carbons (Fsp3) is 0.273. The predicted molar refractivity (Wildman–Crippen MR) is 105 cm³/mol. The first kappa shape index (κ1) is 19.3. The lowest BCUT2D eigenvalue weighted by molar-refractivity contribution is -0.112. The highest BCUT2D eigenvalue weighted by molar-refractivity contribution is 6.09. The van der Waals surface area contributed by atoms with Gasteiger partial charge in [0.05, 0.1) is 6.61 Å². The van der Waals surface area contributed by atoms with Gasteiger partial charge in [0.1, 0.15) is 17.4 Å². The zero-order chi connectivity index (χ0) is 18.8. The van der Waals surface area contributed by atoms with Crippen molar-refractivity contribution in [3.63, 3.8) is 0 Å². The molecule has 0 spiro atoms. The summed E-state index contributed by atoms with van der Waals surface area (Å²) in [7, 11) is 0. The molecule has 0 saturated heterocycles. The molecule has 0 atom stereocenters. The van der Waals surface area contributed by atoms with Crippen LogP contribution in [0.1, 0.15) is 37.3 Å². The lowest BCUT2D eigenvalue weighted by Gasteiger charge is -2.06. The van der Waals surface area contributed by atoms with Crippen molar-refractivity contribution in [2.24, 2.45) is 0 Å². The van der Waals surface area contributed by atoms with Crippen molar-refractivity contribution < 1.29 is 9.53 Å². The highest BCUT2D eigenvalue weighted by atomic mass is 16.5. The van der Waals surface area contributed by atoms with Gasteiger partial charge in [-0.1, -0.05) is 49.6 Å². The van der Waals surface area contributed by atoms with Crippen LogP contribution in [-0.4, -0.2) is 12.5 Å². The summed E-state index contributed by atoms with van der Waals surface area (Å²) in [6.45, 7) is 4.83. The van der Waals surface area contributed by atoms with Gasteiger partial charge in [0, 0.05) is 5.69 Å². The number of nitrogens with one attached hydrogen (secondary N) is 1. The molecule has 0 aliphatic rings. The Morgan fingerprint density at radius 1 is 1.12 bits per heavy atom. The number of hydrogen-bond acceptors (Lipinski definition) is 3. The summed E-state index contributed by atoms with van der Waals surface area (Å²) >= 11 is 0. The summed E-state index contributed by atoms with van der Waals surface area (Å²) in [5, 5.41) is 12.0. The van der Waals surface area contributed by atoms with Gasteiger partial charge < -0.3 is 10.1 Å². The summed E-state index contributed by atoms with van der Waals surface area (Å²) < 4.78 is 5.67. The summed E-state index contributed by atoms with van der Waals surface area (Å²) in [6.07, 6.45) is 4.93. The lowest BCUT2D eigenvalue weighted by atomic mass is 10.1. The number of aryl methyl sites for hydroxylation is 1. The highest BCUT2D eigenvalue weighted by Crippen LogP contribution is 2.16. The van der Waals surface area contributed by atoms with Crippen molar-refractivity contribution in [2.75, 3.05) is 11.9 Å². The summed E-state index contributed by atoms with van der Waals surface area (Å²) in [5.41, 5.74) is 2.61. The van der Waals surface area contributed by atoms with Crippen molar-refractivity contribution in [3.05, 3.63) is 65.2 Å². The number of carbonyl (C=O) groups is 1. The first-order valence-electron chi connectivity index (χ1n) is 8.85. The van der Waals surface area contributed by atoms with Gasteiger partial charge in [-0.2, -0.15) is 5.26 Å². The molecule has 0 radical (unpaired) electrons. The van der Waals surface area contributed by atoms with E-state index in [4.69, 9.17) is 4.74 Å². The number of rotatable bonds is 8. The van der Waals surface area contributed by atoms with Crippen molar-refractivity contribution in [2.45, 2.75) is 33.1 Å². The Hall–Kier alpha value is -3.06. The number of nitriles is 1. The second-order valence-corrected chi connectivity index (χ2v) is 6.11. The Morgan fingerprint density at radius 2 is 1.81 bits per heavy atom. The molecule has 0 aliphatic heterocycles. The minimum Gasteiger partial charge on any atom is -0.494 e. The van der Waals surface area contributed by atoms with E-state index in [0.717, 1.165) is 36.1 Å². The van der Waals surface area contributed by atoms with Crippen molar-refractivity contribution in [1.82, 2.24) is 0 Å². The average Bonchev–Trinajstić information content (AvgIpc) is 2.66. The van der Waals surface area contributed by atoms with Crippen LogP contribution in [0.15, 0.2) is 54.1 Å². The Balaban J connectivity index is 1.99. The number of benzene rings is 2. The average molecular weight is 348 g/mol. The Bertz CT molecular complexity index is 784. The molecular weight excluding hydrogens is 324 g/mol. The van der Waals surface area contributed by atoms with Gasteiger partial charge in [-0.15, -0.1) is 0 Å². The number of anilines is 1. The first-order valence-corrected chi connectivity index (χ1v) is 8.85. The molecule has 1 amide bonds. The number of hydrogen-bond donors (Lipinski definition) is 1. The molecule has 2 rings (SSSR count).